The minimum absolute atomic E-state index is 0. The van der Waals surface area contributed by atoms with E-state index in [0.717, 1.165) is 6.54 Å². The zero-order chi connectivity index (χ0) is 52.6. The summed E-state index contributed by atoms with van der Waals surface area (Å²) in [4.78, 5) is 0. The van der Waals surface area contributed by atoms with Crippen LogP contribution in [0.25, 0.3) is 0 Å². The van der Waals surface area contributed by atoms with E-state index in [1.165, 1.54) is 429 Å². The van der Waals surface area contributed by atoms with E-state index in [1.807, 2.05) is 0 Å². The van der Waals surface area contributed by atoms with Gasteiger partial charge in [-0.25, -0.2) is 0 Å². The van der Waals surface area contributed by atoms with Gasteiger partial charge in [0.15, 0.2) is 0 Å². The van der Waals surface area contributed by atoms with Crippen molar-refractivity contribution in [1.29, 1.82) is 0 Å². The summed E-state index contributed by atoms with van der Waals surface area (Å²) in [5, 5.41) is 0. The van der Waals surface area contributed by atoms with Crippen LogP contribution in [-0.4, -0.2) is 31.2 Å². The molecule has 0 aromatic heterocycles. The van der Waals surface area contributed by atoms with Gasteiger partial charge in [0.2, 0.25) is 0 Å². The topological polar surface area (TPSA) is 0 Å². The SMILES string of the molecule is C=CC[N+](C)(CCCCCCCCCCCCCCCCCCCCCCCCCCCCCCCCCC)CCCCCCCCCCCCCCCCCCCCCCCCCCCCCCCCCC.[Cl-]. The minimum atomic E-state index is 0. The second-order valence-corrected chi connectivity index (χ2v) is 25.5. The van der Waals surface area contributed by atoms with Gasteiger partial charge < -0.3 is 16.9 Å². The molecule has 0 aromatic rings. The van der Waals surface area contributed by atoms with Crippen LogP contribution in [0.5, 0.6) is 0 Å². The van der Waals surface area contributed by atoms with Crippen molar-refractivity contribution in [3.63, 3.8) is 0 Å². The highest BCUT2D eigenvalue weighted by molar-refractivity contribution is 4.66. The molecular formula is C72H146ClN. The Kier molecular flexibility index (Phi) is 71.0. The maximum Gasteiger partial charge on any atom is 0.0969 e. The van der Waals surface area contributed by atoms with Gasteiger partial charge in [-0.3, -0.25) is 0 Å². The Bertz CT molecular complexity index is 893. The third kappa shape index (κ3) is 66.3. The third-order valence-electron chi connectivity index (χ3n) is 17.7. The average Bonchev–Trinajstić information content (AvgIpc) is 3.39. The second-order valence-electron chi connectivity index (χ2n) is 25.5. The van der Waals surface area contributed by atoms with Crippen molar-refractivity contribution in [3.8, 4) is 0 Å². The first kappa shape index (κ1) is 76.1. The van der Waals surface area contributed by atoms with E-state index in [2.05, 4.69) is 33.6 Å². The van der Waals surface area contributed by atoms with Crippen LogP contribution < -0.4 is 12.4 Å². The summed E-state index contributed by atoms with van der Waals surface area (Å²) < 4.78 is 1.22. The predicted molar refractivity (Wildman–Crippen MR) is 338 cm³/mol. The Morgan fingerprint density at radius 3 is 0.419 bits per heavy atom. The van der Waals surface area contributed by atoms with Gasteiger partial charge in [0.25, 0.3) is 0 Å². The molecule has 0 spiro atoms. The lowest BCUT2D eigenvalue weighted by molar-refractivity contribution is -0.904. The van der Waals surface area contributed by atoms with Gasteiger partial charge in [0.05, 0.1) is 26.7 Å². The zero-order valence-corrected chi connectivity index (χ0v) is 53.2. The predicted octanol–water partition coefficient (Wildman–Crippen LogP) is 23.6. The molecule has 0 aromatic carbocycles. The largest absolute Gasteiger partial charge is 1.00 e. The van der Waals surface area contributed by atoms with Crippen LogP contribution >= 0.6 is 0 Å². The Hall–Kier alpha value is -0.0100. The molecule has 0 aliphatic heterocycles. The lowest BCUT2D eigenvalue weighted by Crippen LogP contribution is -3.00. The number of hydrogen-bond acceptors (Lipinski definition) is 0. The van der Waals surface area contributed by atoms with Gasteiger partial charge in [-0.15, -0.1) is 0 Å². The quantitative estimate of drug-likeness (QED) is 0.0324. The van der Waals surface area contributed by atoms with Gasteiger partial charge >= 0.3 is 0 Å². The molecule has 0 aliphatic carbocycles. The second kappa shape index (κ2) is 69.1. The molecule has 0 aliphatic rings. The normalized spacial score (nSPS) is 11.8. The molecular weight excluding hydrogens is 914 g/mol. The van der Waals surface area contributed by atoms with Crippen molar-refractivity contribution in [2.45, 2.75) is 425 Å². The number of nitrogens with zero attached hydrogens (tertiary/aromatic N) is 1. The first-order valence-corrected chi connectivity index (χ1v) is 35.6. The van der Waals surface area contributed by atoms with E-state index in [0.29, 0.717) is 0 Å². The molecule has 1 nitrogen and oxygen atoms in total. The molecule has 74 heavy (non-hydrogen) atoms. The highest BCUT2D eigenvalue weighted by Gasteiger charge is 2.18. The summed E-state index contributed by atoms with van der Waals surface area (Å²) in [7, 11) is 2.51. The Morgan fingerprint density at radius 2 is 0.311 bits per heavy atom. The molecule has 0 saturated carbocycles. The number of quaternary nitrogens is 1. The summed E-state index contributed by atoms with van der Waals surface area (Å²) in [6.45, 7) is 12.6. The molecule has 0 saturated heterocycles. The molecule has 2 heteroatoms. The van der Waals surface area contributed by atoms with Gasteiger partial charge in [-0.2, -0.15) is 0 Å². The number of rotatable bonds is 68. The molecule has 0 bridgehead atoms. The summed E-state index contributed by atoms with van der Waals surface area (Å²) in [5.74, 6) is 0. The minimum Gasteiger partial charge on any atom is -1.00 e. The van der Waals surface area contributed by atoms with E-state index < -0.39 is 0 Å². The van der Waals surface area contributed by atoms with Gasteiger partial charge in [0, 0.05) is 0 Å². The maximum atomic E-state index is 4.14. The van der Waals surface area contributed by atoms with E-state index >= 15 is 0 Å². The van der Waals surface area contributed by atoms with Crippen LogP contribution in [0.1, 0.15) is 425 Å². The molecule has 0 radical (unpaired) electrons. The van der Waals surface area contributed by atoms with Crippen molar-refractivity contribution in [1.82, 2.24) is 0 Å². The van der Waals surface area contributed by atoms with Gasteiger partial charge in [0.1, 0.15) is 0 Å². The summed E-state index contributed by atoms with van der Waals surface area (Å²) in [6, 6.07) is 0. The van der Waals surface area contributed by atoms with E-state index in [1.54, 1.807) is 0 Å². The maximum absolute atomic E-state index is 4.14. The van der Waals surface area contributed by atoms with Crippen LogP contribution in [-0.2, 0) is 0 Å². The monoisotopic (exact) mass is 1060 g/mol. The van der Waals surface area contributed by atoms with E-state index in [9.17, 15) is 0 Å². The van der Waals surface area contributed by atoms with Crippen molar-refractivity contribution < 1.29 is 16.9 Å². The first-order valence-electron chi connectivity index (χ1n) is 35.6. The number of likely N-dealkylation sites (N-methyl/N-ethyl adjacent to an activating group) is 1. The smallest absolute Gasteiger partial charge is 0.0969 e. The van der Waals surface area contributed by atoms with Crippen LogP contribution in [0.4, 0.5) is 0 Å². The molecule has 0 N–H and O–H groups in total. The van der Waals surface area contributed by atoms with Gasteiger partial charge in [-0.05, 0) is 31.8 Å². The lowest BCUT2D eigenvalue weighted by Gasteiger charge is -2.34. The summed E-state index contributed by atoms with van der Waals surface area (Å²) >= 11 is 0. The van der Waals surface area contributed by atoms with Gasteiger partial charge in [-0.1, -0.05) is 406 Å². The first-order chi connectivity index (χ1) is 36.2. The molecule has 0 fully saturated rings. The van der Waals surface area contributed by atoms with E-state index in [-0.39, 0.29) is 12.4 Å². The van der Waals surface area contributed by atoms with E-state index in [4.69, 9.17) is 0 Å². The molecule has 0 amide bonds. The van der Waals surface area contributed by atoms with Crippen LogP contribution in [0.2, 0.25) is 0 Å². The standard InChI is InChI=1S/C72H146N.ClH/c1-5-8-10-12-14-16-18-20-22-24-26-28-30-32-34-36-38-40-42-44-46-48-50-52-54-56-58-60-62-64-66-68-71-73(4,70-7-3)72-69-67-65-63-61-59-57-55-53-51-49-47-45-43-41-39-37-35-33-31-29-27-25-23-21-19-17-15-13-11-9-6-2;/h7H,3,5-6,8-72H2,1-2,4H3;1H/q+1;/p-1. The van der Waals surface area contributed by atoms with Crippen molar-refractivity contribution in [2.24, 2.45) is 0 Å². The third-order valence-corrected chi connectivity index (χ3v) is 17.7. The van der Waals surface area contributed by atoms with Crippen molar-refractivity contribution >= 4 is 0 Å². The highest BCUT2D eigenvalue weighted by Crippen LogP contribution is 2.21. The number of halogens is 1. The van der Waals surface area contributed by atoms with Crippen LogP contribution in [0.3, 0.4) is 0 Å². The molecule has 0 rings (SSSR count). The molecule has 446 valence electrons. The Labute approximate surface area is 478 Å². The fourth-order valence-electron chi connectivity index (χ4n) is 12.3. The summed E-state index contributed by atoms with van der Waals surface area (Å²) in [5.41, 5.74) is 0. The zero-order valence-electron chi connectivity index (χ0n) is 52.5. The lowest BCUT2D eigenvalue weighted by atomic mass is 10.0. The number of hydrogen-bond donors (Lipinski definition) is 0. The van der Waals surface area contributed by atoms with Crippen LogP contribution in [0.15, 0.2) is 12.7 Å². The average molecular weight is 1060 g/mol. The van der Waals surface area contributed by atoms with Crippen molar-refractivity contribution in [2.75, 3.05) is 26.7 Å². The number of unbranched alkanes of at least 4 members (excludes halogenated alkanes) is 62. The molecule has 0 unspecified atom stereocenters. The fourth-order valence-corrected chi connectivity index (χ4v) is 12.3. The van der Waals surface area contributed by atoms with Crippen molar-refractivity contribution in [3.05, 3.63) is 12.7 Å². The summed E-state index contributed by atoms with van der Waals surface area (Å²) in [6.07, 6.45) is 96.6. The molecule has 0 atom stereocenters. The Morgan fingerprint density at radius 1 is 0.203 bits per heavy atom. The van der Waals surface area contributed by atoms with Crippen LogP contribution in [0, 0.1) is 0 Å². The fraction of sp³-hybridized carbons (Fsp3) is 0.972. The molecule has 0 heterocycles. The Balaban J connectivity index is 0. The highest BCUT2D eigenvalue weighted by atomic mass is 35.5.